The lowest BCUT2D eigenvalue weighted by Gasteiger charge is -2.42. The minimum Gasteiger partial charge on any atom is -0.314 e. The van der Waals surface area contributed by atoms with Gasteiger partial charge in [0.25, 0.3) is 0 Å². The monoisotopic (exact) mass is 258 g/mol. The van der Waals surface area contributed by atoms with Crippen molar-refractivity contribution in [3.05, 3.63) is 0 Å². The maximum atomic E-state index is 3.68. The van der Waals surface area contributed by atoms with Gasteiger partial charge in [0.1, 0.15) is 0 Å². The molecule has 0 amide bonds. The lowest BCUT2D eigenvalue weighted by Crippen LogP contribution is -2.52. The van der Waals surface area contributed by atoms with Gasteiger partial charge >= 0.3 is 0 Å². The van der Waals surface area contributed by atoms with Gasteiger partial charge < -0.3 is 5.32 Å². The summed E-state index contributed by atoms with van der Waals surface area (Å²) in [4.78, 5) is 2.74. The fraction of sp³-hybridized carbons (Fsp3) is 1.00. The lowest BCUT2D eigenvalue weighted by atomic mass is 9.96. The molecule has 0 spiro atoms. The summed E-state index contributed by atoms with van der Waals surface area (Å²) in [7, 11) is 0. The molecule has 1 rings (SSSR count). The molecule has 1 aliphatic heterocycles. The highest BCUT2D eigenvalue weighted by molar-refractivity contribution is 7.98. The molecule has 0 aromatic heterocycles. The average molecular weight is 258 g/mol. The first-order valence-corrected chi connectivity index (χ1v) is 8.60. The second-order valence-corrected chi connectivity index (χ2v) is 6.19. The molecule has 0 aromatic rings. The highest BCUT2D eigenvalue weighted by atomic mass is 32.2. The van der Waals surface area contributed by atoms with Crippen LogP contribution in [0.5, 0.6) is 0 Å². The number of piperidine rings is 1. The Morgan fingerprint density at radius 2 is 2.18 bits per heavy atom. The molecule has 17 heavy (non-hydrogen) atoms. The van der Waals surface area contributed by atoms with Crippen LogP contribution >= 0.6 is 11.8 Å². The Bertz CT molecular complexity index is 199. The second kappa shape index (κ2) is 8.39. The molecule has 0 aromatic carbocycles. The molecule has 3 heteroatoms. The van der Waals surface area contributed by atoms with Gasteiger partial charge in [-0.2, -0.15) is 11.8 Å². The molecule has 1 N–H and O–H groups in total. The van der Waals surface area contributed by atoms with Gasteiger partial charge in [-0.3, -0.25) is 4.90 Å². The Labute approximate surface area is 112 Å². The molecule has 2 nitrogen and oxygen atoms in total. The highest BCUT2D eigenvalue weighted by Gasteiger charge is 2.28. The minimum absolute atomic E-state index is 0.746. The van der Waals surface area contributed by atoms with E-state index in [2.05, 4.69) is 37.2 Å². The van der Waals surface area contributed by atoms with E-state index in [1.54, 1.807) is 0 Å². The minimum atomic E-state index is 0.746. The number of nitrogens with one attached hydrogen (secondary N) is 1. The van der Waals surface area contributed by atoms with Crippen LogP contribution in [0.3, 0.4) is 0 Å². The van der Waals surface area contributed by atoms with Crippen molar-refractivity contribution in [2.45, 2.75) is 64.6 Å². The van der Waals surface area contributed by atoms with Gasteiger partial charge in [-0.15, -0.1) is 0 Å². The summed E-state index contributed by atoms with van der Waals surface area (Å²) in [5, 5.41) is 3.68. The van der Waals surface area contributed by atoms with Gasteiger partial charge in [-0.05, 0) is 45.4 Å². The lowest BCUT2D eigenvalue weighted by molar-refractivity contribution is 0.0958. The summed E-state index contributed by atoms with van der Waals surface area (Å²) in [5.41, 5.74) is 0. The highest BCUT2D eigenvalue weighted by Crippen LogP contribution is 2.22. The van der Waals surface area contributed by atoms with Gasteiger partial charge in [0.15, 0.2) is 0 Å². The van der Waals surface area contributed by atoms with E-state index in [1.165, 1.54) is 44.5 Å². The van der Waals surface area contributed by atoms with Gasteiger partial charge in [0, 0.05) is 30.4 Å². The van der Waals surface area contributed by atoms with Crippen LogP contribution in [-0.4, -0.2) is 48.1 Å². The fourth-order valence-electron chi connectivity index (χ4n) is 2.91. The Balaban J connectivity index is 2.40. The Morgan fingerprint density at radius 1 is 1.41 bits per heavy atom. The smallest absolute Gasteiger partial charge is 0.0186 e. The van der Waals surface area contributed by atoms with Crippen molar-refractivity contribution < 1.29 is 0 Å². The van der Waals surface area contributed by atoms with E-state index in [-0.39, 0.29) is 0 Å². The van der Waals surface area contributed by atoms with Gasteiger partial charge in [0.2, 0.25) is 0 Å². The Kier molecular flexibility index (Phi) is 7.56. The summed E-state index contributed by atoms with van der Waals surface area (Å²) < 4.78 is 0. The first-order valence-electron chi connectivity index (χ1n) is 7.20. The topological polar surface area (TPSA) is 15.3 Å². The molecule has 0 bridgehead atoms. The molecule has 1 fully saturated rings. The van der Waals surface area contributed by atoms with Crippen LogP contribution in [0.1, 0.15) is 46.5 Å². The van der Waals surface area contributed by atoms with Crippen LogP contribution < -0.4 is 5.32 Å². The number of hydrogen-bond acceptors (Lipinski definition) is 3. The van der Waals surface area contributed by atoms with Crippen molar-refractivity contribution in [1.29, 1.82) is 0 Å². The zero-order chi connectivity index (χ0) is 12.7. The summed E-state index contributed by atoms with van der Waals surface area (Å²) in [6.07, 6.45) is 7.42. The van der Waals surface area contributed by atoms with E-state index in [4.69, 9.17) is 0 Å². The van der Waals surface area contributed by atoms with E-state index >= 15 is 0 Å². The normalized spacial score (nSPS) is 28.2. The largest absolute Gasteiger partial charge is 0.314 e. The first-order chi connectivity index (χ1) is 8.22. The van der Waals surface area contributed by atoms with Gasteiger partial charge in [-0.1, -0.05) is 13.8 Å². The Morgan fingerprint density at radius 3 is 2.71 bits per heavy atom. The maximum absolute atomic E-state index is 3.68. The second-order valence-electron chi connectivity index (χ2n) is 5.28. The molecule has 1 aliphatic rings. The standard InChI is InChI=1S/C14H30N2S/c1-5-8-15-13-7-9-16(12(3)10-13)14(6-2)11-17-4/h12-15H,5-11H2,1-4H3. The molecule has 3 unspecified atom stereocenters. The van der Waals surface area contributed by atoms with Crippen molar-refractivity contribution in [3.8, 4) is 0 Å². The molecule has 3 atom stereocenters. The summed E-state index contributed by atoms with van der Waals surface area (Å²) in [6.45, 7) is 9.44. The first kappa shape index (κ1) is 15.3. The predicted molar refractivity (Wildman–Crippen MR) is 79.9 cm³/mol. The summed E-state index contributed by atoms with van der Waals surface area (Å²) >= 11 is 1.99. The Hall–Kier alpha value is 0.270. The van der Waals surface area contributed by atoms with Crippen LogP contribution in [-0.2, 0) is 0 Å². The van der Waals surface area contributed by atoms with Crippen molar-refractivity contribution in [3.63, 3.8) is 0 Å². The number of nitrogens with zero attached hydrogens (tertiary/aromatic N) is 1. The molecule has 0 radical (unpaired) electrons. The van der Waals surface area contributed by atoms with Crippen molar-refractivity contribution in [2.75, 3.05) is 25.1 Å². The zero-order valence-electron chi connectivity index (χ0n) is 12.0. The van der Waals surface area contributed by atoms with E-state index in [0.29, 0.717) is 0 Å². The van der Waals surface area contributed by atoms with Crippen LogP contribution in [0, 0.1) is 0 Å². The molecule has 102 valence electrons. The van der Waals surface area contributed by atoms with Crippen LogP contribution in [0.15, 0.2) is 0 Å². The number of rotatable bonds is 7. The predicted octanol–water partition coefficient (Wildman–Crippen LogP) is 2.98. The third-order valence-electron chi connectivity index (χ3n) is 3.91. The quantitative estimate of drug-likeness (QED) is 0.756. The van der Waals surface area contributed by atoms with E-state index in [0.717, 1.165) is 18.1 Å². The molecule has 0 saturated carbocycles. The van der Waals surface area contributed by atoms with Crippen LogP contribution in [0.25, 0.3) is 0 Å². The molecular formula is C14H30N2S. The maximum Gasteiger partial charge on any atom is 0.0186 e. The third kappa shape index (κ3) is 4.80. The average Bonchev–Trinajstić information content (AvgIpc) is 2.34. The molecule has 0 aliphatic carbocycles. The van der Waals surface area contributed by atoms with Crippen LogP contribution in [0.4, 0.5) is 0 Å². The number of likely N-dealkylation sites (tertiary alicyclic amines) is 1. The fourth-order valence-corrected chi connectivity index (χ4v) is 3.72. The SMILES string of the molecule is CCCNC1CCN(C(CC)CSC)C(C)C1. The molecular weight excluding hydrogens is 228 g/mol. The van der Waals surface area contributed by atoms with Gasteiger partial charge in [0.05, 0.1) is 0 Å². The number of thioether (sulfide) groups is 1. The summed E-state index contributed by atoms with van der Waals surface area (Å²) in [6, 6.07) is 2.29. The molecule has 1 saturated heterocycles. The van der Waals surface area contributed by atoms with Gasteiger partial charge in [-0.25, -0.2) is 0 Å². The van der Waals surface area contributed by atoms with E-state index in [9.17, 15) is 0 Å². The van der Waals surface area contributed by atoms with E-state index < -0.39 is 0 Å². The van der Waals surface area contributed by atoms with Crippen molar-refractivity contribution in [1.82, 2.24) is 10.2 Å². The van der Waals surface area contributed by atoms with Crippen molar-refractivity contribution in [2.24, 2.45) is 0 Å². The third-order valence-corrected chi connectivity index (χ3v) is 4.63. The van der Waals surface area contributed by atoms with Crippen molar-refractivity contribution >= 4 is 11.8 Å². The molecule has 1 heterocycles. The van der Waals surface area contributed by atoms with Crippen LogP contribution in [0.2, 0.25) is 0 Å². The summed E-state index contributed by atoms with van der Waals surface area (Å²) in [5.74, 6) is 1.29. The zero-order valence-corrected chi connectivity index (χ0v) is 12.9. The number of hydrogen-bond donors (Lipinski definition) is 1. The van der Waals surface area contributed by atoms with E-state index in [1.807, 2.05) is 11.8 Å².